The van der Waals surface area contributed by atoms with Crippen LogP contribution in [0.1, 0.15) is 11.3 Å². The molecule has 2 aromatic heterocycles. The van der Waals surface area contributed by atoms with Crippen molar-refractivity contribution < 1.29 is 14.3 Å². The van der Waals surface area contributed by atoms with Gasteiger partial charge in [-0.1, -0.05) is 29.0 Å². The zero-order valence-corrected chi connectivity index (χ0v) is 18.2. The van der Waals surface area contributed by atoms with Gasteiger partial charge in [0, 0.05) is 23.7 Å². The maximum atomic E-state index is 12.3. The lowest BCUT2D eigenvalue weighted by Crippen LogP contribution is -2.13. The van der Waals surface area contributed by atoms with Gasteiger partial charge in [0.15, 0.2) is 0 Å². The van der Waals surface area contributed by atoms with Gasteiger partial charge in [0.05, 0.1) is 23.9 Å². The van der Waals surface area contributed by atoms with E-state index in [2.05, 4.69) is 15.4 Å². The molecule has 0 spiro atoms. The van der Waals surface area contributed by atoms with E-state index in [-0.39, 0.29) is 6.61 Å². The number of hydrogen-bond acceptors (Lipinski definition) is 6. The van der Waals surface area contributed by atoms with Crippen LogP contribution in [0.15, 0.2) is 42.6 Å². The second kappa shape index (κ2) is 8.33. The molecule has 154 valence electrons. The average Bonchev–Trinajstić information content (AvgIpc) is 3.27. The van der Waals surface area contributed by atoms with Gasteiger partial charge in [-0.15, -0.1) is 0 Å². The Morgan fingerprint density at radius 3 is 2.90 bits per heavy atom. The van der Waals surface area contributed by atoms with E-state index in [1.165, 1.54) is 11.3 Å². The van der Waals surface area contributed by atoms with Crippen molar-refractivity contribution in [3.05, 3.63) is 58.9 Å². The lowest BCUT2D eigenvalue weighted by molar-refractivity contribution is 0.155. The van der Waals surface area contributed by atoms with E-state index in [4.69, 9.17) is 21.1 Å². The van der Waals surface area contributed by atoms with Gasteiger partial charge in [-0.25, -0.2) is 9.78 Å². The smallest absolute Gasteiger partial charge is 0.412 e. The Hall–Kier alpha value is -3.10. The molecule has 0 fully saturated rings. The standard InChI is InChI=1S/C21H19ClN4O3S/c1-12-19(30-20(23-12)16-6-5-15(22)9-18(16)28-3)24-21(27)29-11-13-4-7-17-14(8-13)10-26(2)25-17/h4-10H,11H2,1-3H3,(H,24,27). The number of amides is 1. The average molecular weight is 443 g/mol. The molecule has 0 aliphatic carbocycles. The number of fused-ring (bicyclic) bond motifs is 1. The lowest BCUT2D eigenvalue weighted by atomic mass is 10.2. The van der Waals surface area contributed by atoms with Crippen LogP contribution < -0.4 is 10.1 Å². The van der Waals surface area contributed by atoms with Crippen molar-refractivity contribution in [2.24, 2.45) is 7.05 Å². The number of nitrogens with zero attached hydrogens (tertiary/aromatic N) is 3. The Labute approximate surface area is 182 Å². The summed E-state index contributed by atoms with van der Waals surface area (Å²) in [6.45, 7) is 1.99. The van der Waals surface area contributed by atoms with Crippen molar-refractivity contribution >= 4 is 44.9 Å². The summed E-state index contributed by atoms with van der Waals surface area (Å²) in [5.41, 5.74) is 3.29. The number of hydrogen-bond donors (Lipinski definition) is 1. The topological polar surface area (TPSA) is 78.3 Å². The second-order valence-corrected chi connectivity index (χ2v) is 8.11. The van der Waals surface area contributed by atoms with Crippen molar-refractivity contribution in [3.8, 4) is 16.3 Å². The summed E-state index contributed by atoms with van der Waals surface area (Å²) in [5.74, 6) is 0.621. The lowest BCUT2D eigenvalue weighted by Gasteiger charge is -2.06. The van der Waals surface area contributed by atoms with Crippen LogP contribution >= 0.6 is 22.9 Å². The van der Waals surface area contributed by atoms with Crippen molar-refractivity contribution in [2.45, 2.75) is 13.5 Å². The molecule has 30 heavy (non-hydrogen) atoms. The molecule has 0 atom stereocenters. The zero-order chi connectivity index (χ0) is 21.3. The van der Waals surface area contributed by atoms with E-state index in [0.717, 1.165) is 27.0 Å². The number of aryl methyl sites for hydroxylation is 2. The molecule has 4 aromatic rings. The van der Waals surface area contributed by atoms with E-state index >= 15 is 0 Å². The van der Waals surface area contributed by atoms with E-state index < -0.39 is 6.09 Å². The summed E-state index contributed by atoms with van der Waals surface area (Å²) in [6, 6.07) is 11.1. The molecule has 1 amide bonds. The summed E-state index contributed by atoms with van der Waals surface area (Å²) >= 11 is 7.38. The number of carbonyl (C=O) groups excluding carboxylic acids is 1. The first-order chi connectivity index (χ1) is 14.4. The number of nitrogens with one attached hydrogen (secondary N) is 1. The van der Waals surface area contributed by atoms with Crippen LogP contribution in [0.3, 0.4) is 0 Å². The third kappa shape index (κ3) is 4.24. The van der Waals surface area contributed by atoms with Gasteiger partial charge in [0.1, 0.15) is 22.4 Å². The molecule has 4 rings (SSSR count). The predicted octanol–water partition coefficient (Wildman–Crippen LogP) is 5.42. The first kappa shape index (κ1) is 20.2. The molecule has 7 nitrogen and oxygen atoms in total. The molecule has 2 heterocycles. The van der Waals surface area contributed by atoms with E-state index in [1.54, 1.807) is 23.9 Å². The highest BCUT2D eigenvalue weighted by Gasteiger charge is 2.16. The molecule has 0 saturated carbocycles. The number of anilines is 1. The van der Waals surface area contributed by atoms with Crippen LogP contribution in [0.5, 0.6) is 5.75 Å². The van der Waals surface area contributed by atoms with Gasteiger partial charge < -0.3 is 9.47 Å². The van der Waals surface area contributed by atoms with Crippen LogP contribution in [-0.4, -0.2) is 28.0 Å². The van der Waals surface area contributed by atoms with Crippen molar-refractivity contribution in [1.82, 2.24) is 14.8 Å². The maximum absolute atomic E-state index is 12.3. The van der Waals surface area contributed by atoms with Crippen LogP contribution in [0.4, 0.5) is 9.80 Å². The molecule has 0 saturated heterocycles. The van der Waals surface area contributed by atoms with Gasteiger partial charge in [-0.05, 0) is 42.8 Å². The Kier molecular flexibility index (Phi) is 5.61. The van der Waals surface area contributed by atoms with Crippen molar-refractivity contribution in [3.63, 3.8) is 0 Å². The number of carbonyl (C=O) groups is 1. The number of methoxy groups -OCH3 is 1. The van der Waals surface area contributed by atoms with Crippen LogP contribution in [0.2, 0.25) is 5.02 Å². The van der Waals surface area contributed by atoms with Crippen molar-refractivity contribution in [1.29, 1.82) is 0 Å². The molecule has 9 heteroatoms. The second-order valence-electron chi connectivity index (χ2n) is 6.68. The molecule has 0 unspecified atom stereocenters. The number of rotatable bonds is 5. The number of ether oxygens (including phenoxy) is 2. The fraction of sp³-hybridized carbons (Fsp3) is 0.190. The highest BCUT2D eigenvalue weighted by atomic mass is 35.5. The predicted molar refractivity (Wildman–Crippen MR) is 118 cm³/mol. The summed E-state index contributed by atoms with van der Waals surface area (Å²) in [6.07, 6.45) is 1.38. The largest absolute Gasteiger partial charge is 0.496 e. The third-order valence-electron chi connectivity index (χ3n) is 4.46. The van der Waals surface area contributed by atoms with Gasteiger partial charge >= 0.3 is 6.09 Å². The molecule has 0 aliphatic rings. The van der Waals surface area contributed by atoms with Gasteiger partial charge in [-0.2, -0.15) is 5.10 Å². The fourth-order valence-corrected chi connectivity index (χ4v) is 4.18. The number of benzene rings is 2. The van der Waals surface area contributed by atoms with Crippen LogP contribution in [-0.2, 0) is 18.4 Å². The van der Waals surface area contributed by atoms with Gasteiger partial charge in [0.2, 0.25) is 0 Å². The minimum atomic E-state index is -0.539. The molecule has 2 aromatic carbocycles. The molecule has 0 aliphatic heterocycles. The number of thiazole rings is 1. The monoisotopic (exact) mass is 442 g/mol. The summed E-state index contributed by atoms with van der Waals surface area (Å²) in [4.78, 5) is 16.8. The van der Waals surface area contributed by atoms with Crippen LogP contribution in [0.25, 0.3) is 21.5 Å². The fourth-order valence-electron chi connectivity index (χ4n) is 3.04. The zero-order valence-electron chi connectivity index (χ0n) is 16.6. The Balaban J connectivity index is 1.44. The highest BCUT2D eigenvalue weighted by molar-refractivity contribution is 7.19. The Bertz CT molecular complexity index is 1230. The Morgan fingerprint density at radius 1 is 1.27 bits per heavy atom. The normalized spacial score (nSPS) is 10.9. The number of halogens is 1. The SMILES string of the molecule is COc1cc(Cl)ccc1-c1nc(C)c(NC(=O)OCc2ccc3nn(C)cc3c2)s1. The molecular formula is C21H19ClN4O3S. The summed E-state index contributed by atoms with van der Waals surface area (Å²) in [7, 11) is 3.45. The molecule has 0 bridgehead atoms. The van der Waals surface area contributed by atoms with E-state index in [0.29, 0.717) is 21.5 Å². The quantitative estimate of drug-likeness (QED) is 0.446. The Morgan fingerprint density at radius 2 is 2.10 bits per heavy atom. The van der Waals surface area contributed by atoms with E-state index in [9.17, 15) is 4.79 Å². The first-order valence-electron chi connectivity index (χ1n) is 9.10. The summed E-state index contributed by atoms with van der Waals surface area (Å²) in [5, 5.41) is 10.0. The van der Waals surface area contributed by atoms with Gasteiger partial charge in [-0.3, -0.25) is 10.00 Å². The summed E-state index contributed by atoms with van der Waals surface area (Å²) < 4.78 is 12.5. The minimum absolute atomic E-state index is 0.159. The van der Waals surface area contributed by atoms with E-state index in [1.807, 2.05) is 44.4 Å². The highest BCUT2D eigenvalue weighted by Crippen LogP contribution is 2.38. The van der Waals surface area contributed by atoms with Crippen molar-refractivity contribution in [2.75, 3.05) is 12.4 Å². The molecule has 1 N–H and O–H groups in total. The maximum Gasteiger partial charge on any atom is 0.412 e. The molecule has 0 radical (unpaired) electrons. The van der Waals surface area contributed by atoms with Gasteiger partial charge in [0.25, 0.3) is 0 Å². The minimum Gasteiger partial charge on any atom is -0.496 e. The molecular weight excluding hydrogens is 424 g/mol. The van der Waals surface area contributed by atoms with Crippen LogP contribution in [0, 0.1) is 6.92 Å². The number of aromatic nitrogens is 3. The third-order valence-corrected chi connectivity index (χ3v) is 5.80. The first-order valence-corrected chi connectivity index (χ1v) is 10.3.